The number of carbonyl (C=O) groups excluding carboxylic acids is 1. The predicted octanol–water partition coefficient (Wildman–Crippen LogP) is 2.38. The molecule has 0 aromatic heterocycles. The lowest BCUT2D eigenvalue weighted by Gasteiger charge is -2.08. The van der Waals surface area contributed by atoms with Crippen molar-refractivity contribution >= 4 is 23.8 Å². The summed E-state index contributed by atoms with van der Waals surface area (Å²) in [5, 5.41) is 14.2. The maximum atomic E-state index is 11.6. The van der Waals surface area contributed by atoms with Gasteiger partial charge in [-0.1, -0.05) is 6.07 Å². The summed E-state index contributed by atoms with van der Waals surface area (Å²) < 4.78 is 0. The molecule has 19 heavy (non-hydrogen) atoms. The highest BCUT2D eigenvalue weighted by molar-refractivity contribution is 5.90. The summed E-state index contributed by atoms with van der Waals surface area (Å²) in [4.78, 5) is 22.1. The molecule has 1 aliphatic rings. The minimum Gasteiger partial charge on any atom is -0.478 e. The lowest BCUT2D eigenvalue weighted by molar-refractivity contribution is -0.131. The zero-order valence-corrected chi connectivity index (χ0v) is 10.6. The van der Waals surface area contributed by atoms with Crippen molar-refractivity contribution < 1.29 is 14.7 Å². The highest BCUT2D eigenvalue weighted by Gasteiger charge is 2.23. The Labute approximate surface area is 111 Å². The van der Waals surface area contributed by atoms with Crippen LogP contribution in [0.2, 0.25) is 0 Å². The van der Waals surface area contributed by atoms with Gasteiger partial charge < -0.3 is 15.7 Å². The second-order valence-corrected chi connectivity index (χ2v) is 4.62. The number of amides is 2. The maximum absolute atomic E-state index is 11.6. The third-order valence-corrected chi connectivity index (χ3v) is 2.86. The molecule has 5 nitrogen and oxygen atoms in total. The van der Waals surface area contributed by atoms with Crippen LogP contribution >= 0.6 is 0 Å². The molecule has 0 saturated heterocycles. The van der Waals surface area contributed by atoms with E-state index in [1.165, 1.54) is 6.08 Å². The van der Waals surface area contributed by atoms with Crippen LogP contribution in [0.15, 0.2) is 24.3 Å². The van der Waals surface area contributed by atoms with Gasteiger partial charge in [0.25, 0.3) is 0 Å². The fraction of sp³-hybridized carbons (Fsp3) is 0.286. The monoisotopic (exact) mass is 260 g/mol. The molecule has 2 amide bonds. The number of hydrogen-bond acceptors (Lipinski definition) is 2. The van der Waals surface area contributed by atoms with E-state index in [-0.39, 0.29) is 6.03 Å². The van der Waals surface area contributed by atoms with Gasteiger partial charge in [-0.15, -0.1) is 0 Å². The molecule has 0 unspecified atom stereocenters. The van der Waals surface area contributed by atoms with E-state index in [0.717, 1.165) is 30.0 Å². The lowest BCUT2D eigenvalue weighted by atomic mass is 10.1. The Balaban J connectivity index is 2.06. The van der Waals surface area contributed by atoms with Crippen molar-refractivity contribution in [3.05, 3.63) is 35.4 Å². The van der Waals surface area contributed by atoms with Crippen LogP contribution in [0.3, 0.4) is 0 Å². The Kier molecular flexibility index (Phi) is 3.85. The number of carboxylic acids is 1. The number of rotatable bonds is 4. The number of hydrogen-bond donors (Lipinski definition) is 3. The van der Waals surface area contributed by atoms with Crippen LogP contribution < -0.4 is 10.6 Å². The van der Waals surface area contributed by atoms with Gasteiger partial charge >= 0.3 is 12.0 Å². The van der Waals surface area contributed by atoms with Crippen molar-refractivity contribution in [2.75, 3.05) is 5.32 Å². The SMILES string of the molecule is Cc1ccc(NC(=O)NC2CC2)cc1/C=C/C(=O)O. The average molecular weight is 260 g/mol. The zero-order valence-electron chi connectivity index (χ0n) is 10.6. The van der Waals surface area contributed by atoms with Crippen LogP contribution in [0.1, 0.15) is 24.0 Å². The maximum Gasteiger partial charge on any atom is 0.328 e. The van der Waals surface area contributed by atoms with E-state index < -0.39 is 5.97 Å². The van der Waals surface area contributed by atoms with Gasteiger partial charge in [0, 0.05) is 17.8 Å². The van der Waals surface area contributed by atoms with Crippen LogP contribution in [-0.2, 0) is 4.79 Å². The average Bonchev–Trinajstić information content (AvgIpc) is 3.13. The quantitative estimate of drug-likeness (QED) is 0.727. The second kappa shape index (κ2) is 5.56. The summed E-state index contributed by atoms with van der Waals surface area (Å²) in [6.45, 7) is 1.88. The fourth-order valence-electron chi connectivity index (χ4n) is 1.64. The second-order valence-electron chi connectivity index (χ2n) is 4.62. The predicted molar refractivity (Wildman–Crippen MR) is 73.0 cm³/mol. The number of aliphatic carboxylic acids is 1. The van der Waals surface area contributed by atoms with E-state index in [1.54, 1.807) is 12.1 Å². The number of urea groups is 1. The largest absolute Gasteiger partial charge is 0.478 e. The Hall–Kier alpha value is -2.30. The highest BCUT2D eigenvalue weighted by Crippen LogP contribution is 2.20. The van der Waals surface area contributed by atoms with E-state index in [9.17, 15) is 9.59 Å². The first-order valence-electron chi connectivity index (χ1n) is 6.14. The highest BCUT2D eigenvalue weighted by atomic mass is 16.4. The smallest absolute Gasteiger partial charge is 0.328 e. The van der Waals surface area contributed by atoms with Gasteiger partial charge in [-0.2, -0.15) is 0 Å². The lowest BCUT2D eigenvalue weighted by Crippen LogP contribution is -2.30. The van der Waals surface area contributed by atoms with Gasteiger partial charge in [-0.3, -0.25) is 0 Å². The molecule has 0 heterocycles. The number of benzene rings is 1. The molecule has 0 atom stereocenters. The molecule has 1 saturated carbocycles. The fourth-order valence-corrected chi connectivity index (χ4v) is 1.64. The molecule has 0 bridgehead atoms. The Bertz CT molecular complexity index is 533. The van der Waals surface area contributed by atoms with Crippen LogP contribution in [0.5, 0.6) is 0 Å². The third kappa shape index (κ3) is 4.13. The van der Waals surface area contributed by atoms with Crippen molar-refractivity contribution in [3.8, 4) is 0 Å². The van der Waals surface area contributed by atoms with Crippen LogP contribution in [0.4, 0.5) is 10.5 Å². The number of aryl methyl sites for hydroxylation is 1. The number of anilines is 1. The minimum atomic E-state index is -0.996. The first-order chi connectivity index (χ1) is 9.04. The standard InChI is InChI=1S/C14H16N2O3/c1-9-2-4-12(8-10(9)3-7-13(17)18)16-14(19)15-11-5-6-11/h2-4,7-8,11H,5-6H2,1H3,(H,17,18)(H2,15,16,19)/b7-3+. The van der Waals surface area contributed by atoms with E-state index >= 15 is 0 Å². The van der Waals surface area contributed by atoms with E-state index in [4.69, 9.17) is 5.11 Å². The molecule has 5 heteroatoms. The van der Waals surface area contributed by atoms with Gasteiger partial charge in [-0.05, 0) is 49.1 Å². The Morgan fingerprint density at radius 3 is 2.74 bits per heavy atom. The minimum absolute atomic E-state index is 0.223. The summed E-state index contributed by atoms with van der Waals surface area (Å²) in [5.74, 6) is -0.996. The van der Waals surface area contributed by atoms with E-state index in [1.807, 2.05) is 13.0 Å². The number of nitrogens with one attached hydrogen (secondary N) is 2. The van der Waals surface area contributed by atoms with Gasteiger partial charge in [-0.25, -0.2) is 9.59 Å². The van der Waals surface area contributed by atoms with Crippen LogP contribution in [0, 0.1) is 6.92 Å². The first kappa shape index (κ1) is 13.1. The molecular formula is C14H16N2O3. The molecule has 100 valence electrons. The van der Waals surface area contributed by atoms with Crippen LogP contribution in [-0.4, -0.2) is 23.1 Å². The zero-order chi connectivity index (χ0) is 13.8. The topological polar surface area (TPSA) is 78.4 Å². The summed E-state index contributed by atoms with van der Waals surface area (Å²) in [6, 6.07) is 5.46. The van der Waals surface area contributed by atoms with Gasteiger partial charge in [0.05, 0.1) is 0 Å². The van der Waals surface area contributed by atoms with Crippen molar-refractivity contribution in [3.63, 3.8) is 0 Å². The summed E-state index contributed by atoms with van der Waals surface area (Å²) in [6.07, 6.45) is 4.67. The van der Waals surface area contributed by atoms with Crippen molar-refractivity contribution in [1.82, 2.24) is 5.32 Å². The molecule has 1 aromatic carbocycles. The number of carboxylic acid groups (broad SMARTS) is 1. The molecule has 1 aromatic rings. The Morgan fingerprint density at radius 2 is 2.11 bits per heavy atom. The van der Waals surface area contributed by atoms with Crippen molar-refractivity contribution in [2.45, 2.75) is 25.8 Å². The molecule has 0 spiro atoms. The normalized spacial score (nSPS) is 14.4. The summed E-state index contributed by atoms with van der Waals surface area (Å²) in [5.41, 5.74) is 2.37. The molecule has 1 aliphatic carbocycles. The van der Waals surface area contributed by atoms with Gasteiger partial charge in [0.1, 0.15) is 0 Å². The van der Waals surface area contributed by atoms with Gasteiger partial charge in [0.15, 0.2) is 0 Å². The molecule has 3 N–H and O–H groups in total. The van der Waals surface area contributed by atoms with Crippen molar-refractivity contribution in [2.24, 2.45) is 0 Å². The van der Waals surface area contributed by atoms with Crippen molar-refractivity contribution in [1.29, 1.82) is 0 Å². The molecule has 0 radical (unpaired) electrons. The van der Waals surface area contributed by atoms with E-state index in [2.05, 4.69) is 10.6 Å². The van der Waals surface area contributed by atoms with Gasteiger partial charge in [0.2, 0.25) is 0 Å². The van der Waals surface area contributed by atoms with E-state index in [0.29, 0.717) is 11.7 Å². The molecule has 1 fully saturated rings. The third-order valence-electron chi connectivity index (χ3n) is 2.86. The first-order valence-corrected chi connectivity index (χ1v) is 6.14. The number of carbonyl (C=O) groups is 2. The Morgan fingerprint density at radius 1 is 1.37 bits per heavy atom. The molecule has 2 rings (SSSR count). The molecule has 0 aliphatic heterocycles. The summed E-state index contributed by atoms with van der Waals surface area (Å²) in [7, 11) is 0. The van der Waals surface area contributed by atoms with Crippen LogP contribution in [0.25, 0.3) is 6.08 Å². The summed E-state index contributed by atoms with van der Waals surface area (Å²) >= 11 is 0. The molecular weight excluding hydrogens is 244 g/mol.